The van der Waals surface area contributed by atoms with Crippen LogP contribution in [-0.4, -0.2) is 22.6 Å². The topological polar surface area (TPSA) is 91.7 Å². The quantitative estimate of drug-likeness (QED) is 0.565. The highest BCUT2D eigenvalue weighted by atomic mass is 32.2. The van der Waals surface area contributed by atoms with Crippen LogP contribution in [0.3, 0.4) is 0 Å². The molecule has 0 radical (unpaired) electrons. The molecule has 0 aromatic heterocycles. The Hall–Kier alpha value is -4.02. The standard InChI is InChI=1S/C26H20N4O2S/c1-2-32-25(31)21-22(17-10-4-3-5-11-17)29-26-30(24(28)20(15-27)33-26)23(21)19-14-8-12-16-9-6-7-13-18(16)19/h3-14,23H,2,28H2,1H3/t23-/m0/s1. The van der Waals surface area contributed by atoms with Crippen LogP contribution < -0.4 is 5.73 Å². The number of hydrogen-bond acceptors (Lipinski definition) is 7. The number of nitriles is 1. The van der Waals surface area contributed by atoms with Gasteiger partial charge in [-0.25, -0.2) is 9.79 Å². The molecular formula is C26H20N4O2S. The Morgan fingerprint density at radius 3 is 2.61 bits per heavy atom. The van der Waals surface area contributed by atoms with E-state index in [1.165, 1.54) is 11.8 Å². The van der Waals surface area contributed by atoms with Crippen LogP contribution in [0, 0.1) is 11.3 Å². The van der Waals surface area contributed by atoms with E-state index in [0.29, 0.717) is 21.3 Å². The van der Waals surface area contributed by atoms with E-state index in [1.54, 1.807) is 11.8 Å². The lowest BCUT2D eigenvalue weighted by Crippen LogP contribution is -2.38. The van der Waals surface area contributed by atoms with Crippen molar-refractivity contribution in [3.8, 4) is 6.07 Å². The largest absolute Gasteiger partial charge is 0.463 e. The van der Waals surface area contributed by atoms with Crippen molar-refractivity contribution in [2.75, 3.05) is 6.61 Å². The lowest BCUT2D eigenvalue weighted by atomic mass is 9.89. The fourth-order valence-corrected chi connectivity index (χ4v) is 5.11. The van der Waals surface area contributed by atoms with E-state index in [1.807, 2.05) is 72.8 Å². The first-order valence-electron chi connectivity index (χ1n) is 10.5. The minimum absolute atomic E-state index is 0.229. The van der Waals surface area contributed by atoms with Crippen molar-refractivity contribution in [1.29, 1.82) is 5.26 Å². The summed E-state index contributed by atoms with van der Waals surface area (Å²) >= 11 is 1.22. The van der Waals surface area contributed by atoms with Crippen molar-refractivity contribution in [1.82, 2.24) is 4.90 Å². The summed E-state index contributed by atoms with van der Waals surface area (Å²) in [6, 6.07) is 25.1. The van der Waals surface area contributed by atoms with Crippen molar-refractivity contribution in [3.05, 3.63) is 100 Å². The minimum atomic E-state index is -0.601. The molecule has 3 aromatic carbocycles. The van der Waals surface area contributed by atoms with E-state index in [-0.39, 0.29) is 12.4 Å². The summed E-state index contributed by atoms with van der Waals surface area (Å²) < 4.78 is 5.51. The number of nitrogens with two attached hydrogens (primary N) is 1. The maximum Gasteiger partial charge on any atom is 0.338 e. The van der Waals surface area contributed by atoms with Crippen molar-refractivity contribution in [2.24, 2.45) is 10.7 Å². The van der Waals surface area contributed by atoms with Gasteiger partial charge in [0.15, 0.2) is 5.17 Å². The fraction of sp³-hybridized carbons (Fsp3) is 0.115. The highest BCUT2D eigenvalue weighted by molar-refractivity contribution is 8.17. The number of benzene rings is 3. The number of carbonyl (C=O) groups is 1. The molecule has 162 valence electrons. The third-order valence-corrected chi connectivity index (χ3v) is 6.62. The Morgan fingerprint density at radius 2 is 1.85 bits per heavy atom. The van der Waals surface area contributed by atoms with Gasteiger partial charge in [-0.05, 0) is 35.0 Å². The number of hydrogen-bond donors (Lipinski definition) is 1. The molecule has 6 nitrogen and oxygen atoms in total. The van der Waals surface area contributed by atoms with Crippen LogP contribution in [-0.2, 0) is 9.53 Å². The first-order valence-corrected chi connectivity index (χ1v) is 11.4. The number of carbonyl (C=O) groups excluding carboxylic acids is 1. The summed E-state index contributed by atoms with van der Waals surface area (Å²) in [5.74, 6) is -0.173. The molecule has 2 heterocycles. The Labute approximate surface area is 195 Å². The molecule has 2 aliphatic rings. The van der Waals surface area contributed by atoms with Gasteiger partial charge in [0.1, 0.15) is 16.8 Å². The van der Waals surface area contributed by atoms with Crippen LogP contribution in [0.25, 0.3) is 16.5 Å². The van der Waals surface area contributed by atoms with E-state index in [4.69, 9.17) is 15.5 Å². The highest BCUT2D eigenvalue weighted by Gasteiger charge is 2.44. The molecule has 0 fully saturated rings. The van der Waals surface area contributed by atoms with Crippen molar-refractivity contribution < 1.29 is 9.53 Å². The molecule has 3 aromatic rings. The molecule has 2 N–H and O–H groups in total. The van der Waals surface area contributed by atoms with Gasteiger partial charge in [-0.2, -0.15) is 5.26 Å². The minimum Gasteiger partial charge on any atom is -0.463 e. The fourth-order valence-electron chi connectivity index (χ4n) is 4.24. The SMILES string of the molecule is CCOC(=O)C1=C(c2ccccc2)N=C2SC(C#N)=C(N)N2[C@H]1c1cccc2ccccc12. The van der Waals surface area contributed by atoms with Crippen LogP contribution in [0.1, 0.15) is 24.1 Å². The van der Waals surface area contributed by atoms with Crippen LogP contribution in [0.5, 0.6) is 0 Å². The van der Waals surface area contributed by atoms with E-state index in [9.17, 15) is 10.1 Å². The Morgan fingerprint density at radius 1 is 1.12 bits per heavy atom. The third kappa shape index (κ3) is 3.45. The predicted molar refractivity (Wildman–Crippen MR) is 130 cm³/mol. The molecule has 2 aliphatic heterocycles. The molecule has 0 bridgehead atoms. The van der Waals surface area contributed by atoms with E-state index >= 15 is 0 Å². The van der Waals surface area contributed by atoms with Gasteiger partial charge >= 0.3 is 5.97 Å². The molecule has 0 saturated heterocycles. The molecule has 5 rings (SSSR count). The molecule has 0 amide bonds. The molecule has 7 heteroatoms. The number of nitrogens with zero attached hydrogens (tertiary/aromatic N) is 3. The number of aliphatic imine (C=N–C) groups is 1. The second-order valence-corrected chi connectivity index (χ2v) is 8.49. The number of ether oxygens (including phenoxy) is 1. The third-order valence-electron chi connectivity index (χ3n) is 5.65. The van der Waals surface area contributed by atoms with Gasteiger partial charge < -0.3 is 10.5 Å². The average Bonchev–Trinajstić information content (AvgIpc) is 3.18. The molecule has 0 unspecified atom stereocenters. The number of thioether (sulfide) groups is 1. The number of allylic oxidation sites excluding steroid dienone is 1. The van der Waals surface area contributed by atoms with Crippen molar-refractivity contribution >= 4 is 39.4 Å². The second-order valence-electron chi connectivity index (χ2n) is 7.51. The van der Waals surface area contributed by atoms with Gasteiger partial charge in [-0.3, -0.25) is 4.90 Å². The lowest BCUT2D eigenvalue weighted by molar-refractivity contribution is -0.139. The summed E-state index contributed by atoms with van der Waals surface area (Å²) in [7, 11) is 0. The number of fused-ring (bicyclic) bond motifs is 2. The maximum absolute atomic E-state index is 13.4. The van der Waals surface area contributed by atoms with Crippen LogP contribution >= 0.6 is 11.8 Å². The highest BCUT2D eigenvalue weighted by Crippen LogP contribution is 2.48. The Bertz CT molecular complexity index is 1400. The zero-order valence-corrected chi connectivity index (χ0v) is 18.7. The summed E-state index contributed by atoms with van der Waals surface area (Å²) in [5.41, 5.74) is 9.05. The van der Waals surface area contributed by atoms with Gasteiger partial charge in [0.05, 0.1) is 23.9 Å². The Kier molecular flexibility index (Phi) is 5.37. The van der Waals surface area contributed by atoms with Crippen molar-refractivity contribution in [3.63, 3.8) is 0 Å². The van der Waals surface area contributed by atoms with Gasteiger partial charge in [-0.1, -0.05) is 72.8 Å². The molecular weight excluding hydrogens is 432 g/mol. The van der Waals surface area contributed by atoms with E-state index in [0.717, 1.165) is 21.9 Å². The molecule has 33 heavy (non-hydrogen) atoms. The summed E-state index contributed by atoms with van der Waals surface area (Å²) in [5, 5.41) is 12.3. The number of rotatable bonds is 4. The van der Waals surface area contributed by atoms with Crippen LogP contribution in [0.15, 0.2) is 94.1 Å². The summed E-state index contributed by atoms with van der Waals surface area (Å²) in [6.45, 7) is 2.01. The predicted octanol–water partition coefficient (Wildman–Crippen LogP) is 4.93. The summed E-state index contributed by atoms with van der Waals surface area (Å²) in [6.07, 6.45) is 0. The van der Waals surface area contributed by atoms with Gasteiger partial charge in [0.2, 0.25) is 0 Å². The molecule has 0 saturated carbocycles. The van der Waals surface area contributed by atoms with Crippen LogP contribution in [0.4, 0.5) is 0 Å². The molecule has 0 aliphatic carbocycles. The normalized spacial score (nSPS) is 17.6. The zero-order valence-electron chi connectivity index (χ0n) is 17.9. The molecule has 0 spiro atoms. The smallest absolute Gasteiger partial charge is 0.338 e. The first-order chi connectivity index (χ1) is 16.1. The Balaban J connectivity index is 1.85. The monoisotopic (exact) mass is 452 g/mol. The van der Waals surface area contributed by atoms with E-state index in [2.05, 4.69) is 6.07 Å². The zero-order chi connectivity index (χ0) is 22.9. The van der Waals surface area contributed by atoms with Gasteiger partial charge in [0, 0.05) is 5.56 Å². The first kappa shape index (κ1) is 20.9. The maximum atomic E-state index is 13.4. The molecule has 1 atom stereocenters. The summed E-state index contributed by atoms with van der Waals surface area (Å²) in [4.78, 5) is 20.4. The lowest BCUT2D eigenvalue weighted by Gasteiger charge is -2.36. The number of esters is 1. The number of amidine groups is 1. The average molecular weight is 453 g/mol. The van der Waals surface area contributed by atoms with Crippen LogP contribution in [0.2, 0.25) is 0 Å². The van der Waals surface area contributed by atoms with E-state index < -0.39 is 12.0 Å². The van der Waals surface area contributed by atoms with Gasteiger partial charge in [-0.15, -0.1) is 0 Å². The van der Waals surface area contributed by atoms with Crippen molar-refractivity contribution in [2.45, 2.75) is 13.0 Å². The van der Waals surface area contributed by atoms with Gasteiger partial charge in [0.25, 0.3) is 0 Å². The second kappa shape index (κ2) is 8.49.